The van der Waals surface area contributed by atoms with Gasteiger partial charge in [-0.15, -0.1) is 53.6 Å². The Bertz CT molecular complexity index is 2930. The zero-order chi connectivity index (χ0) is 44.7. The van der Waals surface area contributed by atoms with Crippen LogP contribution in [-0.2, 0) is 37.3 Å². The van der Waals surface area contributed by atoms with E-state index in [-0.39, 0.29) is 58.9 Å². The molecule has 0 aliphatic heterocycles. The summed E-state index contributed by atoms with van der Waals surface area (Å²) in [6.07, 6.45) is 0.993. The van der Waals surface area contributed by atoms with E-state index in [0.29, 0.717) is 38.9 Å². The SMILES string of the molecule is CC(C)(C)c1ccnc(-c2[c-]cccc2)c1.[2H]C([2H])([2H])c1cnc(-c2[c-]cc(C([2H])([2H])[2H])c3c2oc2cc4c(ccc5oc(C(C)(C)C)nc54)cc23)cc1C([2H])([2H])C(C)(C)C.[Ir]. The van der Waals surface area contributed by atoms with Crippen LogP contribution in [0, 0.1) is 31.3 Å². The standard InChI is InChI=1S/C33H33N2O2.C15H16N.Ir/c1-18-9-11-22(25-14-21(16-32(3,4)5)19(2)17-34-25)30-28(18)24-13-20-10-12-26-29(23(20)15-27(24)36-30)35-31(37-26)33(6,7)8;1-15(2,3)13-9-10-16-14(11-13)12-7-5-4-6-8-12;/h9-10,12-15,17H,16H2,1-8H3;4-7,9-11H,1-3H3;/q2*-1;/i1D3,2D3,16D2;;. The van der Waals surface area contributed by atoms with Gasteiger partial charge in [0.1, 0.15) is 11.1 Å². The number of hydrogen-bond acceptors (Lipinski definition) is 5. The Morgan fingerprint density at radius 2 is 1.56 bits per heavy atom. The van der Waals surface area contributed by atoms with E-state index < -0.39 is 25.5 Å². The van der Waals surface area contributed by atoms with Crippen LogP contribution in [0.25, 0.3) is 66.3 Å². The zero-order valence-electron chi connectivity index (χ0n) is 40.1. The molecule has 0 saturated heterocycles. The fourth-order valence-corrected chi connectivity index (χ4v) is 6.24. The summed E-state index contributed by atoms with van der Waals surface area (Å²) in [6, 6.07) is 28.6. The molecule has 8 aromatic rings. The van der Waals surface area contributed by atoms with Crippen molar-refractivity contribution in [3.63, 3.8) is 0 Å². The predicted molar refractivity (Wildman–Crippen MR) is 219 cm³/mol. The maximum atomic E-state index is 8.92. The predicted octanol–water partition coefficient (Wildman–Crippen LogP) is 13.1. The van der Waals surface area contributed by atoms with E-state index in [9.17, 15) is 0 Å². The van der Waals surface area contributed by atoms with E-state index in [4.69, 9.17) is 24.8 Å². The van der Waals surface area contributed by atoms with Crippen LogP contribution in [0.5, 0.6) is 0 Å². The van der Waals surface area contributed by atoms with E-state index in [1.165, 1.54) is 23.9 Å². The van der Waals surface area contributed by atoms with Gasteiger partial charge in [-0.2, -0.15) is 0 Å². The molecule has 0 atom stereocenters. The molecule has 4 aromatic carbocycles. The first-order chi connectivity index (χ1) is 28.2. The van der Waals surface area contributed by atoms with Crippen molar-refractivity contribution in [2.24, 2.45) is 5.41 Å². The number of pyridine rings is 2. The number of fused-ring (bicyclic) bond motifs is 6. The van der Waals surface area contributed by atoms with Crippen LogP contribution in [0.1, 0.15) is 101 Å². The average molecular weight is 900 g/mol. The van der Waals surface area contributed by atoms with Crippen molar-refractivity contribution in [2.45, 2.75) is 93.2 Å². The number of nitrogens with zero attached hydrogens (tertiary/aromatic N) is 3. The van der Waals surface area contributed by atoms with Gasteiger partial charge < -0.3 is 18.8 Å². The van der Waals surface area contributed by atoms with E-state index in [1.54, 1.807) is 20.8 Å². The fraction of sp³-hybridized carbons (Fsp3) is 0.312. The molecule has 279 valence electrons. The summed E-state index contributed by atoms with van der Waals surface area (Å²) in [5.41, 5.74) is 4.50. The van der Waals surface area contributed by atoms with Gasteiger partial charge in [-0.3, -0.25) is 0 Å². The Labute approximate surface area is 344 Å². The second kappa shape index (κ2) is 14.5. The molecule has 0 fully saturated rings. The molecule has 4 heterocycles. The Morgan fingerprint density at radius 1 is 0.759 bits per heavy atom. The first-order valence-corrected chi connectivity index (χ1v) is 17.8. The fourth-order valence-electron chi connectivity index (χ4n) is 6.24. The number of aryl methyl sites for hydroxylation is 2. The number of aromatic nitrogens is 3. The van der Waals surface area contributed by atoms with E-state index in [1.807, 2.05) is 75.5 Å². The zero-order valence-corrected chi connectivity index (χ0v) is 34.5. The molecule has 0 saturated carbocycles. The second-order valence-electron chi connectivity index (χ2n) is 16.6. The van der Waals surface area contributed by atoms with Gasteiger partial charge in [0.05, 0.1) is 5.58 Å². The number of oxazole rings is 1. The number of furan rings is 1. The average Bonchev–Trinajstić information content (AvgIpc) is 3.78. The normalized spacial score (nSPS) is 15.2. The molecular formula is C48H49IrN3O2-2. The van der Waals surface area contributed by atoms with Gasteiger partial charge in [-0.05, 0) is 76.2 Å². The Kier molecular flexibility index (Phi) is 7.99. The van der Waals surface area contributed by atoms with Crippen LogP contribution >= 0.6 is 0 Å². The van der Waals surface area contributed by atoms with Gasteiger partial charge in [0.25, 0.3) is 0 Å². The molecule has 0 N–H and O–H groups in total. The van der Waals surface area contributed by atoms with Crippen molar-refractivity contribution in [3.05, 3.63) is 125 Å². The molecule has 6 heteroatoms. The monoisotopic (exact) mass is 900 g/mol. The molecule has 0 bridgehead atoms. The van der Waals surface area contributed by atoms with Crippen LogP contribution in [0.3, 0.4) is 0 Å². The van der Waals surface area contributed by atoms with Crippen LogP contribution in [0.15, 0.2) is 94.0 Å². The van der Waals surface area contributed by atoms with Crippen molar-refractivity contribution >= 4 is 43.8 Å². The summed E-state index contributed by atoms with van der Waals surface area (Å²) in [5, 5.41) is 2.53. The summed E-state index contributed by atoms with van der Waals surface area (Å²) >= 11 is 0. The molecule has 0 unspecified atom stereocenters. The molecule has 0 aliphatic carbocycles. The van der Waals surface area contributed by atoms with Gasteiger partial charge in [-0.25, -0.2) is 4.98 Å². The first kappa shape index (κ1) is 29.7. The minimum atomic E-state index is -2.61. The molecule has 4 aromatic heterocycles. The largest absolute Gasteiger partial charge is 0.501 e. The van der Waals surface area contributed by atoms with Gasteiger partial charge in [-0.1, -0.05) is 104 Å². The minimum absolute atomic E-state index is 0. The number of benzene rings is 4. The van der Waals surface area contributed by atoms with Gasteiger partial charge in [0.15, 0.2) is 5.58 Å². The smallest absolute Gasteiger partial charge is 0.200 e. The summed E-state index contributed by atoms with van der Waals surface area (Å²) in [4.78, 5) is 13.6. The van der Waals surface area contributed by atoms with Gasteiger partial charge >= 0.3 is 0 Å². The third kappa shape index (κ3) is 7.92. The minimum Gasteiger partial charge on any atom is -0.501 e. The van der Waals surface area contributed by atoms with Crippen molar-refractivity contribution < 1.29 is 39.9 Å². The molecule has 0 spiro atoms. The number of hydrogen-bond donors (Lipinski definition) is 0. The van der Waals surface area contributed by atoms with Crippen molar-refractivity contribution in [1.82, 2.24) is 15.0 Å². The molecule has 5 nitrogen and oxygen atoms in total. The van der Waals surface area contributed by atoms with E-state index in [0.717, 1.165) is 22.0 Å². The third-order valence-corrected chi connectivity index (χ3v) is 8.96. The second-order valence-corrected chi connectivity index (χ2v) is 16.6. The Morgan fingerprint density at radius 3 is 2.24 bits per heavy atom. The maximum Gasteiger partial charge on any atom is 0.200 e. The third-order valence-electron chi connectivity index (χ3n) is 8.96. The first-order valence-electron chi connectivity index (χ1n) is 21.8. The maximum absolute atomic E-state index is 8.92. The molecular weight excluding hydrogens is 843 g/mol. The Hall–Kier alpha value is -4.64. The van der Waals surface area contributed by atoms with Crippen molar-refractivity contribution in [1.29, 1.82) is 0 Å². The summed E-state index contributed by atoms with van der Waals surface area (Å²) in [7, 11) is 0. The van der Waals surface area contributed by atoms with Crippen LogP contribution in [0.2, 0.25) is 0 Å². The van der Waals surface area contributed by atoms with Crippen molar-refractivity contribution in [3.8, 4) is 22.5 Å². The van der Waals surface area contributed by atoms with E-state index >= 15 is 0 Å². The molecule has 1 radical (unpaired) electrons. The summed E-state index contributed by atoms with van der Waals surface area (Å²) in [6.45, 7) is 12.7. The number of rotatable bonds is 3. The molecule has 0 amide bonds. The Balaban J connectivity index is 0.000000317. The van der Waals surface area contributed by atoms with Crippen LogP contribution in [-0.4, -0.2) is 15.0 Å². The molecule has 54 heavy (non-hydrogen) atoms. The van der Waals surface area contributed by atoms with Gasteiger partial charge in [0, 0.05) is 59.7 Å². The van der Waals surface area contributed by atoms with Crippen LogP contribution < -0.4 is 0 Å². The molecule has 8 rings (SSSR count). The summed E-state index contributed by atoms with van der Waals surface area (Å²) in [5.74, 6) is 0.591. The topological polar surface area (TPSA) is 65.0 Å². The molecule has 0 aliphatic rings. The quantitative estimate of drug-likeness (QED) is 0.165. The van der Waals surface area contributed by atoms with E-state index in [2.05, 4.69) is 55.0 Å². The van der Waals surface area contributed by atoms with Gasteiger partial charge in [0.2, 0.25) is 5.89 Å². The summed E-state index contributed by atoms with van der Waals surface area (Å²) < 4.78 is 79.3. The van der Waals surface area contributed by atoms with Crippen LogP contribution in [0.4, 0.5) is 0 Å². The van der Waals surface area contributed by atoms with Crippen molar-refractivity contribution in [2.75, 3.05) is 0 Å².